The first-order chi connectivity index (χ1) is 11.3. The van der Waals surface area contributed by atoms with Crippen LogP contribution in [0.15, 0.2) is 5.16 Å². The van der Waals surface area contributed by atoms with Crippen molar-refractivity contribution in [2.45, 2.75) is 30.2 Å². The Balaban J connectivity index is 1.91. The molecule has 1 N–H and O–H groups in total. The summed E-state index contributed by atoms with van der Waals surface area (Å²) in [6, 6.07) is 0. The summed E-state index contributed by atoms with van der Waals surface area (Å²) < 4.78 is 29.8. The molecule has 8 nitrogen and oxygen atoms in total. The number of nitrogens with one attached hydrogen (secondary N) is 1. The second-order valence-electron chi connectivity index (χ2n) is 5.97. The number of thioether (sulfide) groups is 1. The van der Waals surface area contributed by atoms with Gasteiger partial charge in [0.2, 0.25) is 5.91 Å². The molecule has 1 aromatic heterocycles. The van der Waals surface area contributed by atoms with Crippen molar-refractivity contribution in [3.63, 3.8) is 0 Å². The Labute approximate surface area is 146 Å². The van der Waals surface area contributed by atoms with E-state index < -0.39 is 9.84 Å². The third-order valence-corrected chi connectivity index (χ3v) is 6.95. The summed E-state index contributed by atoms with van der Waals surface area (Å²) in [7, 11) is 0.539. The third-order valence-electron chi connectivity index (χ3n) is 3.98. The van der Waals surface area contributed by atoms with Gasteiger partial charge in [0.15, 0.2) is 15.0 Å². The van der Waals surface area contributed by atoms with Gasteiger partial charge in [0.1, 0.15) is 5.82 Å². The summed E-state index contributed by atoms with van der Waals surface area (Å²) in [4.78, 5) is 12.0. The normalized spacial score (nSPS) is 20.9. The van der Waals surface area contributed by atoms with Gasteiger partial charge in [-0.25, -0.2) is 8.42 Å². The van der Waals surface area contributed by atoms with Gasteiger partial charge in [-0.2, -0.15) is 0 Å². The number of carbonyl (C=O) groups excluding carboxylic acids is 1. The quantitative estimate of drug-likeness (QED) is 0.504. The fourth-order valence-electron chi connectivity index (χ4n) is 2.55. The van der Waals surface area contributed by atoms with Crippen molar-refractivity contribution in [2.24, 2.45) is 13.0 Å². The number of hydrogen-bond donors (Lipinski definition) is 1. The van der Waals surface area contributed by atoms with Crippen molar-refractivity contribution >= 4 is 27.5 Å². The zero-order chi connectivity index (χ0) is 17.7. The zero-order valence-corrected chi connectivity index (χ0v) is 15.8. The average molecular weight is 377 g/mol. The Morgan fingerprint density at radius 1 is 1.50 bits per heavy atom. The summed E-state index contributed by atoms with van der Waals surface area (Å²) in [5, 5.41) is 11.4. The topological polar surface area (TPSA) is 103 Å². The van der Waals surface area contributed by atoms with Crippen LogP contribution in [-0.2, 0) is 32.8 Å². The zero-order valence-electron chi connectivity index (χ0n) is 14.2. The number of sulfone groups is 1. The van der Waals surface area contributed by atoms with Crippen LogP contribution in [0.5, 0.6) is 0 Å². The number of carbonyl (C=O) groups is 1. The van der Waals surface area contributed by atoms with Gasteiger partial charge in [-0.15, -0.1) is 10.2 Å². The van der Waals surface area contributed by atoms with E-state index in [0.717, 1.165) is 5.82 Å². The van der Waals surface area contributed by atoms with Gasteiger partial charge < -0.3 is 14.6 Å². The molecule has 1 aliphatic heterocycles. The fourth-order valence-corrected chi connectivity index (χ4v) is 5.27. The Bertz CT molecular complexity index is 674. The Morgan fingerprint density at radius 2 is 2.25 bits per heavy atom. The molecule has 0 bridgehead atoms. The van der Waals surface area contributed by atoms with Gasteiger partial charge in [-0.1, -0.05) is 11.8 Å². The molecule has 10 heteroatoms. The van der Waals surface area contributed by atoms with E-state index in [2.05, 4.69) is 15.5 Å². The summed E-state index contributed by atoms with van der Waals surface area (Å²) in [6.07, 6.45) is 1.27. The largest absolute Gasteiger partial charge is 0.383 e. The first-order valence-electron chi connectivity index (χ1n) is 7.84. The molecule has 1 aromatic rings. The standard InChI is InChI=1S/C14H24N4O4S2/c1-10(13(19)15-5-6-22-3)23-14-17-16-12(18(14)2)8-11-4-7-24(20,21)9-11/h10-11H,4-9H2,1-3H3,(H,15,19)/t10-,11+/m1/s1. The number of rotatable bonds is 8. The lowest BCUT2D eigenvalue weighted by Crippen LogP contribution is -2.33. The minimum atomic E-state index is -2.89. The number of hydrogen-bond acceptors (Lipinski definition) is 7. The van der Waals surface area contributed by atoms with Crippen LogP contribution in [0.3, 0.4) is 0 Å². The molecule has 136 valence electrons. The number of methoxy groups -OCH3 is 1. The molecule has 1 fully saturated rings. The number of amides is 1. The van der Waals surface area contributed by atoms with Gasteiger partial charge in [0.25, 0.3) is 0 Å². The van der Waals surface area contributed by atoms with Crippen molar-refractivity contribution in [2.75, 3.05) is 31.8 Å². The maximum Gasteiger partial charge on any atom is 0.233 e. The first-order valence-corrected chi connectivity index (χ1v) is 10.5. The molecule has 0 saturated carbocycles. The molecule has 1 aliphatic rings. The summed E-state index contributed by atoms with van der Waals surface area (Å²) in [6.45, 7) is 2.76. The molecule has 1 amide bonds. The maximum absolute atomic E-state index is 12.0. The first kappa shape index (κ1) is 19.2. The lowest BCUT2D eigenvalue weighted by molar-refractivity contribution is -0.120. The number of nitrogens with zero attached hydrogens (tertiary/aromatic N) is 3. The summed E-state index contributed by atoms with van der Waals surface area (Å²) >= 11 is 1.33. The highest BCUT2D eigenvalue weighted by molar-refractivity contribution is 8.00. The molecular weight excluding hydrogens is 352 g/mol. The lowest BCUT2D eigenvalue weighted by Gasteiger charge is -2.12. The van der Waals surface area contributed by atoms with Crippen LogP contribution in [0.25, 0.3) is 0 Å². The highest BCUT2D eigenvalue weighted by atomic mass is 32.2. The van der Waals surface area contributed by atoms with Gasteiger partial charge in [0.05, 0.1) is 23.4 Å². The lowest BCUT2D eigenvalue weighted by atomic mass is 10.1. The number of ether oxygens (including phenoxy) is 1. The summed E-state index contributed by atoms with van der Waals surface area (Å²) in [5.74, 6) is 1.26. The van der Waals surface area contributed by atoms with Crippen LogP contribution >= 0.6 is 11.8 Å². The van der Waals surface area contributed by atoms with Crippen LogP contribution in [-0.4, -0.2) is 66.1 Å². The highest BCUT2D eigenvalue weighted by Gasteiger charge is 2.29. The van der Waals surface area contributed by atoms with Crippen molar-refractivity contribution in [1.29, 1.82) is 0 Å². The van der Waals surface area contributed by atoms with E-state index in [9.17, 15) is 13.2 Å². The predicted molar refractivity (Wildman–Crippen MR) is 91.7 cm³/mol. The minimum absolute atomic E-state index is 0.0801. The van der Waals surface area contributed by atoms with E-state index in [-0.39, 0.29) is 28.6 Å². The summed E-state index contributed by atoms with van der Waals surface area (Å²) in [5.41, 5.74) is 0. The van der Waals surface area contributed by atoms with Crippen LogP contribution in [0.1, 0.15) is 19.2 Å². The molecule has 0 aromatic carbocycles. The van der Waals surface area contributed by atoms with Gasteiger partial charge in [-0.3, -0.25) is 4.79 Å². The SMILES string of the molecule is COCCNC(=O)[C@@H](C)Sc1nnc(C[C@@H]2CCS(=O)(=O)C2)n1C. The molecule has 0 radical (unpaired) electrons. The monoisotopic (exact) mass is 376 g/mol. The smallest absolute Gasteiger partial charge is 0.233 e. The van der Waals surface area contributed by atoms with Crippen LogP contribution in [0, 0.1) is 5.92 Å². The molecule has 2 heterocycles. The Kier molecular flexibility index (Phi) is 6.64. The molecule has 2 rings (SSSR count). The molecule has 0 aliphatic carbocycles. The molecular formula is C14H24N4O4S2. The average Bonchev–Trinajstić information content (AvgIpc) is 3.03. The Morgan fingerprint density at radius 3 is 2.88 bits per heavy atom. The van der Waals surface area contributed by atoms with Crippen molar-refractivity contribution in [3.8, 4) is 0 Å². The second-order valence-corrected chi connectivity index (χ2v) is 9.51. The van der Waals surface area contributed by atoms with Crippen molar-refractivity contribution in [1.82, 2.24) is 20.1 Å². The minimum Gasteiger partial charge on any atom is -0.383 e. The van der Waals surface area contributed by atoms with Crippen molar-refractivity contribution in [3.05, 3.63) is 5.82 Å². The van der Waals surface area contributed by atoms with E-state index in [1.54, 1.807) is 7.11 Å². The predicted octanol–water partition coefficient (Wildman–Crippen LogP) is 0.0355. The molecule has 0 spiro atoms. The molecule has 2 atom stereocenters. The maximum atomic E-state index is 12.0. The van der Waals surface area contributed by atoms with Crippen LogP contribution < -0.4 is 5.32 Å². The highest BCUT2D eigenvalue weighted by Crippen LogP contribution is 2.25. The van der Waals surface area contributed by atoms with E-state index in [1.165, 1.54) is 11.8 Å². The van der Waals surface area contributed by atoms with E-state index >= 15 is 0 Å². The fraction of sp³-hybridized carbons (Fsp3) is 0.786. The Hall–Kier alpha value is -1.13. The van der Waals surface area contributed by atoms with Gasteiger partial charge in [0, 0.05) is 27.1 Å². The van der Waals surface area contributed by atoms with E-state index in [0.29, 0.717) is 31.1 Å². The van der Waals surface area contributed by atoms with Gasteiger partial charge >= 0.3 is 0 Å². The van der Waals surface area contributed by atoms with E-state index in [1.807, 2.05) is 18.5 Å². The third kappa shape index (κ3) is 5.18. The van der Waals surface area contributed by atoms with Crippen LogP contribution in [0.2, 0.25) is 0 Å². The molecule has 1 saturated heterocycles. The van der Waals surface area contributed by atoms with Crippen molar-refractivity contribution < 1.29 is 17.9 Å². The number of aromatic nitrogens is 3. The van der Waals surface area contributed by atoms with E-state index in [4.69, 9.17) is 4.74 Å². The van der Waals surface area contributed by atoms with Crippen LogP contribution in [0.4, 0.5) is 0 Å². The van der Waals surface area contributed by atoms with Gasteiger partial charge in [-0.05, 0) is 19.3 Å². The molecule has 24 heavy (non-hydrogen) atoms. The second kappa shape index (κ2) is 8.30. The molecule has 0 unspecified atom stereocenters.